The van der Waals surface area contributed by atoms with Crippen LogP contribution < -0.4 is 20.5 Å². The molecule has 6 nitrogen and oxygen atoms in total. The molecule has 118 valence electrons. The van der Waals surface area contributed by atoms with Crippen LogP contribution in [0.3, 0.4) is 0 Å². The molecule has 1 aromatic rings. The first-order valence-corrected chi connectivity index (χ1v) is 6.96. The van der Waals surface area contributed by atoms with E-state index in [2.05, 4.69) is 5.32 Å². The Morgan fingerprint density at radius 2 is 2.14 bits per heavy atom. The lowest BCUT2D eigenvalue weighted by Gasteiger charge is -2.23. The quantitative estimate of drug-likeness (QED) is 0.676. The molecule has 1 atom stereocenters. The summed E-state index contributed by atoms with van der Waals surface area (Å²) in [6.07, 6.45) is 1.43. The minimum atomic E-state index is -0.916. The van der Waals surface area contributed by atoms with Gasteiger partial charge >= 0.3 is 0 Å². The van der Waals surface area contributed by atoms with E-state index >= 15 is 0 Å². The van der Waals surface area contributed by atoms with Gasteiger partial charge in [0.25, 0.3) is 0 Å². The minimum Gasteiger partial charge on any atom is -0.493 e. The summed E-state index contributed by atoms with van der Waals surface area (Å²) in [6, 6.07) is 5.05. The topological polar surface area (TPSA) is 93.8 Å². The van der Waals surface area contributed by atoms with Gasteiger partial charge in [-0.3, -0.25) is 4.79 Å². The Bertz CT molecular complexity index is 475. The average molecular weight is 296 g/mol. The Hall–Kier alpha value is -1.79. The van der Waals surface area contributed by atoms with Crippen molar-refractivity contribution in [1.82, 2.24) is 0 Å². The fraction of sp³-hybridized carbons (Fsp3) is 0.533. The summed E-state index contributed by atoms with van der Waals surface area (Å²) >= 11 is 0. The van der Waals surface area contributed by atoms with Crippen molar-refractivity contribution >= 4 is 11.6 Å². The summed E-state index contributed by atoms with van der Waals surface area (Å²) in [5.41, 5.74) is 5.65. The number of amides is 1. The summed E-state index contributed by atoms with van der Waals surface area (Å²) in [5, 5.41) is 11.6. The van der Waals surface area contributed by atoms with E-state index in [1.54, 1.807) is 25.1 Å². The zero-order valence-corrected chi connectivity index (χ0v) is 12.8. The van der Waals surface area contributed by atoms with Crippen LogP contribution in [0.25, 0.3) is 0 Å². The van der Waals surface area contributed by atoms with E-state index in [4.69, 9.17) is 20.3 Å². The smallest absolute Gasteiger partial charge is 0.244 e. The summed E-state index contributed by atoms with van der Waals surface area (Å²) in [6.45, 7) is 3.74. The molecule has 0 aromatic heterocycles. The molecule has 21 heavy (non-hydrogen) atoms. The molecule has 0 saturated carbocycles. The van der Waals surface area contributed by atoms with Crippen LogP contribution in [0.4, 0.5) is 5.69 Å². The monoisotopic (exact) mass is 296 g/mol. The Morgan fingerprint density at radius 1 is 1.43 bits per heavy atom. The van der Waals surface area contributed by atoms with Crippen molar-refractivity contribution in [3.63, 3.8) is 0 Å². The fourth-order valence-electron chi connectivity index (χ4n) is 1.93. The molecule has 0 aliphatic heterocycles. The minimum absolute atomic E-state index is 0.100. The molecule has 0 aliphatic rings. The predicted molar refractivity (Wildman–Crippen MR) is 81.7 cm³/mol. The summed E-state index contributed by atoms with van der Waals surface area (Å²) < 4.78 is 10.5. The van der Waals surface area contributed by atoms with E-state index in [0.717, 1.165) is 6.42 Å². The second-order valence-electron chi connectivity index (χ2n) is 5.06. The Morgan fingerprint density at radius 3 is 2.71 bits per heavy atom. The maximum atomic E-state index is 12.2. The molecule has 1 amide bonds. The van der Waals surface area contributed by atoms with Crippen molar-refractivity contribution in [3.8, 4) is 11.5 Å². The predicted octanol–water partition coefficient (Wildman–Crippen LogP) is 1.52. The second kappa shape index (κ2) is 7.85. The van der Waals surface area contributed by atoms with Gasteiger partial charge in [-0.2, -0.15) is 0 Å². The number of methoxy groups -OCH3 is 1. The number of rotatable bonds is 8. The van der Waals surface area contributed by atoms with Gasteiger partial charge in [-0.15, -0.1) is 0 Å². The average Bonchev–Trinajstić information content (AvgIpc) is 2.45. The highest BCUT2D eigenvalue weighted by Gasteiger charge is 2.27. The zero-order chi connectivity index (χ0) is 15.9. The molecule has 0 saturated heterocycles. The van der Waals surface area contributed by atoms with Gasteiger partial charge in [0, 0.05) is 11.8 Å². The summed E-state index contributed by atoms with van der Waals surface area (Å²) in [7, 11) is 1.53. The highest BCUT2D eigenvalue weighted by molar-refractivity contribution is 5.97. The van der Waals surface area contributed by atoms with E-state index in [-0.39, 0.29) is 19.1 Å². The molecular formula is C15H24N2O4. The van der Waals surface area contributed by atoms with E-state index in [0.29, 0.717) is 23.6 Å². The molecule has 0 radical (unpaired) electrons. The molecule has 6 heteroatoms. The standard InChI is InChI=1S/C15H24N2O4/c1-4-7-15(2,16)14(19)17-11-5-6-12(20-3)13(10-11)21-9-8-18/h5-6,10,18H,4,7-9,16H2,1-3H3,(H,17,19). The third-order valence-corrected chi connectivity index (χ3v) is 3.06. The van der Waals surface area contributed by atoms with Crippen LogP contribution in [0.15, 0.2) is 18.2 Å². The van der Waals surface area contributed by atoms with Crippen LogP contribution in [-0.2, 0) is 4.79 Å². The Balaban J connectivity index is 2.86. The first kappa shape index (κ1) is 17.3. The van der Waals surface area contributed by atoms with E-state index in [1.807, 2.05) is 6.92 Å². The van der Waals surface area contributed by atoms with Crippen molar-refractivity contribution in [2.75, 3.05) is 25.6 Å². The lowest BCUT2D eigenvalue weighted by Crippen LogP contribution is -2.48. The molecule has 1 rings (SSSR count). The van der Waals surface area contributed by atoms with Crippen molar-refractivity contribution in [2.45, 2.75) is 32.2 Å². The second-order valence-corrected chi connectivity index (χ2v) is 5.06. The molecule has 1 unspecified atom stereocenters. The number of aliphatic hydroxyl groups excluding tert-OH is 1. The van der Waals surface area contributed by atoms with E-state index in [9.17, 15) is 4.79 Å². The van der Waals surface area contributed by atoms with Gasteiger partial charge in [0.1, 0.15) is 6.61 Å². The molecular weight excluding hydrogens is 272 g/mol. The number of ether oxygens (including phenoxy) is 2. The maximum Gasteiger partial charge on any atom is 0.244 e. The number of nitrogens with two attached hydrogens (primary N) is 1. The molecule has 0 aliphatic carbocycles. The van der Waals surface area contributed by atoms with Gasteiger partial charge in [0.05, 0.1) is 19.3 Å². The van der Waals surface area contributed by atoms with E-state index < -0.39 is 5.54 Å². The molecule has 0 spiro atoms. The van der Waals surface area contributed by atoms with Gasteiger partial charge < -0.3 is 25.6 Å². The number of nitrogens with one attached hydrogen (secondary N) is 1. The van der Waals surface area contributed by atoms with Gasteiger partial charge in [-0.25, -0.2) is 0 Å². The fourth-order valence-corrected chi connectivity index (χ4v) is 1.93. The number of hydrogen-bond acceptors (Lipinski definition) is 5. The number of anilines is 1. The van der Waals surface area contributed by atoms with Crippen LogP contribution in [0.2, 0.25) is 0 Å². The van der Waals surface area contributed by atoms with Crippen LogP contribution in [0.1, 0.15) is 26.7 Å². The molecule has 0 heterocycles. The highest BCUT2D eigenvalue weighted by Crippen LogP contribution is 2.30. The number of aliphatic hydroxyl groups is 1. The van der Waals surface area contributed by atoms with E-state index in [1.165, 1.54) is 7.11 Å². The number of benzene rings is 1. The van der Waals surface area contributed by atoms with Crippen molar-refractivity contribution < 1.29 is 19.4 Å². The normalized spacial score (nSPS) is 13.4. The third-order valence-electron chi connectivity index (χ3n) is 3.06. The van der Waals surface area contributed by atoms with Gasteiger partial charge in [-0.05, 0) is 25.5 Å². The lowest BCUT2D eigenvalue weighted by molar-refractivity contribution is -0.120. The number of carbonyl (C=O) groups is 1. The van der Waals surface area contributed by atoms with Crippen LogP contribution in [0.5, 0.6) is 11.5 Å². The number of carbonyl (C=O) groups excluding carboxylic acids is 1. The maximum absolute atomic E-state index is 12.2. The SMILES string of the molecule is CCCC(C)(N)C(=O)Nc1ccc(OC)c(OCCO)c1. The first-order chi connectivity index (χ1) is 9.94. The third kappa shape index (κ3) is 4.91. The zero-order valence-electron chi connectivity index (χ0n) is 12.8. The van der Waals surface area contributed by atoms with Crippen LogP contribution in [-0.4, -0.2) is 36.9 Å². The van der Waals surface area contributed by atoms with Crippen molar-refractivity contribution in [2.24, 2.45) is 5.73 Å². The van der Waals surface area contributed by atoms with Crippen molar-refractivity contribution in [1.29, 1.82) is 0 Å². The van der Waals surface area contributed by atoms with Crippen LogP contribution in [0, 0.1) is 0 Å². The van der Waals surface area contributed by atoms with Crippen molar-refractivity contribution in [3.05, 3.63) is 18.2 Å². The Labute approximate surface area is 125 Å². The van der Waals surface area contributed by atoms with Gasteiger partial charge in [0.15, 0.2) is 11.5 Å². The first-order valence-electron chi connectivity index (χ1n) is 6.96. The largest absolute Gasteiger partial charge is 0.493 e. The molecule has 0 fully saturated rings. The summed E-state index contributed by atoms with van der Waals surface area (Å²) in [5.74, 6) is 0.742. The lowest BCUT2D eigenvalue weighted by atomic mass is 9.96. The molecule has 1 aromatic carbocycles. The Kier molecular flexibility index (Phi) is 6.45. The molecule has 4 N–H and O–H groups in total. The van der Waals surface area contributed by atoms with Gasteiger partial charge in [-0.1, -0.05) is 13.3 Å². The highest BCUT2D eigenvalue weighted by atomic mass is 16.5. The van der Waals surface area contributed by atoms with Crippen LogP contribution >= 0.6 is 0 Å². The van der Waals surface area contributed by atoms with Gasteiger partial charge in [0.2, 0.25) is 5.91 Å². The summed E-state index contributed by atoms with van der Waals surface area (Å²) in [4.78, 5) is 12.2. The number of hydrogen-bond donors (Lipinski definition) is 3. The molecule has 0 bridgehead atoms.